The molecule has 1 fully saturated rings. The number of fused-ring (bicyclic) bond motifs is 4. The molecule has 4 aliphatic rings. The Morgan fingerprint density at radius 1 is 1.20 bits per heavy atom. The van der Waals surface area contributed by atoms with Gasteiger partial charge in [0, 0.05) is 44.4 Å². The molecule has 2 aliphatic heterocycles. The summed E-state index contributed by atoms with van der Waals surface area (Å²) in [6.07, 6.45) is 11.5. The number of ether oxygens (including phenoxy) is 2. The van der Waals surface area contributed by atoms with Gasteiger partial charge in [0.05, 0.1) is 29.7 Å². The van der Waals surface area contributed by atoms with E-state index in [-0.39, 0.29) is 39.5 Å². The molecule has 266 valence electrons. The summed E-state index contributed by atoms with van der Waals surface area (Å²) in [4.78, 5) is 29.7. The Bertz CT molecular complexity index is 1970. The van der Waals surface area contributed by atoms with Gasteiger partial charge in [0.2, 0.25) is 0 Å². The molecule has 3 aromatic rings. The van der Waals surface area contributed by atoms with Crippen molar-refractivity contribution in [1.82, 2.24) is 14.5 Å². The lowest BCUT2D eigenvalue weighted by Gasteiger charge is -2.46. The molecule has 0 saturated heterocycles. The number of hydrogen-bond donors (Lipinski definition) is 1. The Balaban J connectivity index is 1.31. The van der Waals surface area contributed by atoms with Crippen LogP contribution in [0.3, 0.4) is 0 Å². The van der Waals surface area contributed by atoms with Crippen molar-refractivity contribution in [1.29, 1.82) is 0 Å². The molecule has 1 spiro atoms. The Kier molecular flexibility index (Phi) is 9.60. The number of allylic oxidation sites excluding steroid dienone is 1. The van der Waals surface area contributed by atoms with Crippen LogP contribution in [0.15, 0.2) is 59.1 Å². The molecular weight excluding hydrogens is 674 g/mol. The van der Waals surface area contributed by atoms with Crippen LogP contribution in [0.2, 0.25) is 5.15 Å². The predicted molar refractivity (Wildman–Crippen MR) is 195 cm³/mol. The van der Waals surface area contributed by atoms with Crippen molar-refractivity contribution in [3.63, 3.8) is 0 Å². The average molecular weight is 720 g/mol. The molecule has 1 saturated carbocycles. The third-order valence-electron chi connectivity index (χ3n) is 11.0. The maximum Gasteiger partial charge on any atom is 0.286 e. The highest BCUT2D eigenvalue weighted by atomic mass is 35.5. The summed E-state index contributed by atoms with van der Waals surface area (Å²) >= 11 is 6.20. The Morgan fingerprint density at radius 3 is 2.78 bits per heavy atom. The van der Waals surface area contributed by atoms with Crippen molar-refractivity contribution in [3.8, 4) is 5.75 Å². The number of amides is 2. The van der Waals surface area contributed by atoms with Gasteiger partial charge in [-0.2, -0.15) is 5.10 Å². The molecule has 2 aliphatic carbocycles. The van der Waals surface area contributed by atoms with Gasteiger partial charge < -0.3 is 14.4 Å². The number of carbonyl (C=O) groups excluding carboxylic acids is 2. The third kappa shape index (κ3) is 6.84. The first-order valence-corrected chi connectivity index (χ1v) is 19.6. The fraction of sp³-hybridized carbons (Fsp3) is 0.500. The Morgan fingerprint density at radius 2 is 2.04 bits per heavy atom. The van der Waals surface area contributed by atoms with Gasteiger partial charge in [0.1, 0.15) is 15.7 Å². The summed E-state index contributed by atoms with van der Waals surface area (Å²) in [6, 6.07) is 12.2. The largest absolute Gasteiger partial charge is 0.490 e. The van der Waals surface area contributed by atoms with E-state index >= 15 is 0 Å². The van der Waals surface area contributed by atoms with Crippen molar-refractivity contribution in [3.05, 3.63) is 87.7 Å². The third-order valence-corrected chi connectivity index (χ3v) is 13.3. The lowest BCUT2D eigenvalue weighted by Crippen LogP contribution is -2.49. The van der Waals surface area contributed by atoms with Crippen LogP contribution in [0.25, 0.3) is 0 Å². The molecule has 12 heteroatoms. The second-order valence-electron chi connectivity index (χ2n) is 14.8. The minimum absolute atomic E-state index is 0.0252. The monoisotopic (exact) mass is 719 g/mol. The predicted octanol–water partition coefficient (Wildman–Crippen LogP) is 6.45. The summed E-state index contributed by atoms with van der Waals surface area (Å²) in [6.45, 7) is 6.16. The maximum atomic E-state index is 14.5. The first kappa shape index (κ1) is 34.8. The number of nitrogens with zero attached hydrogens (tertiary/aromatic N) is 4. The summed E-state index contributed by atoms with van der Waals surface area (Å²) in [5.41, 5.74) is 4.96. The molecule has 50 heavy (non-hydrogen) atoms. The van der Waals surface area contributed by atoms with Crippen LogP contribution in [0, 0.1) is 24.7 Å². The fourth-order valence-electron chi connectivity index (χ4n) is 8.34. The first-order chi connectivity index (χ1) is 24.0. The van der Waals surface area contributed by atoms with E-state index in [1.807, 2.05) is 19.1 Å². The number of aryl methyl sites for hydroxylation is 3. The van der Waals surface area contributed by atoms with E-state index in [0.29, 0.717) is 30.6 Å². The van der Waals surface area contributed by atoms with E-state index in [2.05, 4.69) is 56.4 Å². The maximum absolute atomic E-state index is 14.5. The molecule has 0 unspecified atom stereocenters. The zero-order valence-electron chi connectivity index (χ0n) is 29.2. The number of nitrogens with one attached hydrogen (secondary N) is 1. The van der Waals surface area contributed by atoms with Gasteiger partial charge in [-0.1, -0.05) is 54.4 Å². The minimum Gasteiger partial charge on any atom is -0.490 e. The normalized spacial score (nSPS) is 30.2. The smallest absolute Gasteiger partial charge is 0.286 e. The zero-order chi connectivity index (χ0) is 35.2. The lowest BCUT2D eigenvalue weighted by atomic mass is 9.68. The summed E-state index contributed by atoms with van der Waals surface area (Å²) < 4.78 is 35.4. The molecule has 7 rings (SSSR count). The van der Waals surface area contributed by atoms with Gasteiger partial charge in [-0.25, -0.2) is 4.21 Å². The van der Waals surface area contributed by atoms with Gasteiger partial charge in [0.25, 0.3) is 11.8 Å². The van der Waals surface area contributed by atoms with E-state index in [1.165, 1.54) is 27.6 Å². The average Bonchev–Trinajstić information content (AvgIpc) is 3.33. The second-order valence-corrected chi connectivity index (χ2v) is 17.1. The fourth-order valence-corrected chi connectivity index (χ4v) is 10.5. The number of rotatable bonds is 3. The molecule has 3 heterocycles. The van der Waals surface area contributed by atoms with Crippen molar-refractivity contribution in [2.75, 3.05) is 37.5 Å². The number of carbonyl (C=O) groups is 2. The number of hydrogen-bond acceptors (Lipinski definition) is 7. The summed E-state index contributed by atoms with van der Waals surface area (Å²) in [5.74, 6) is -0.106. The number of halogens is 1. The molecule has 2 aromatic carbocycles. The van der Waals surface area contributed by atoms with Gasteiger partial charge in [-0.05, 0) is 92.5 Å². The molecule has 1 aromatic heterocycles. The van der Waals surface area contributed by atoms with Crippen LogP contribution < -0.4 is 14.4 Å². The highest BCUT2D eigenvalue weighted by Gasteiger charge is 2.44. The van der Waals surface area contributed by atoms with E-state index < -0.39 is 21.7 Å². The van der Waals surface area contributed by atoms with Crippen LogP contribution in [0.5, 0.6) is 5.75 Å². The first-order valence-electron chi connectivity index (χ1n) is 17.6. The van der Waals surface area contributed by atoms with Crippen LogP contribution in [-0.4, -0.2) is 64.5 Å². The van der Waals surface area contributed by atoms with E-state index in [4.69, 9.17) is 21.1 Å². The molecule has 2 amide bonds. The van der Waals surface area contributed by atoms with Crippen molar-refractivity contribution >= 4 is 39.0 Å². The Hall–Kier alpha value is -3.67. The Labute approximate surface area is 299 Å². The number of aromatic nitrogens is 2. The van der Waals surface area contributed by atoms with Gasteiger partial charge >= 0.3 is 0 Å². The van der Waals surface area contributed by atoms with Crippen LogP contribution in [0.1, 0.15) is 76.4 Å². The van der Waals surface area contributed by atoms with Gasteiger partial charge in [-0.15, -0.1) is 4.36 Å². The van der Waals surface area contributed by atoms with Crippen LogP contribution in [-0.2, 0) is 33.5 Å². The van der Waals surface area contributed by atoms with Crippen molar-refractivity contribution < 1.29 is 23.3 Å². The summed E-state index contributed by atoms with van der Waals surface area (Å²) in [7, 11) is -0.178. The van der Waals surface area contributed by atoms with Gasteiger partial charge in [-0.3, -0.25) is 19.0 Å². The quantitative estimate of drug-likeness (QED) is 0.310. The van der Waals surface area contributed by atoms with Crippen LogP contribution >= 0.6 is 11.6 Å². The number of benzene rings is 2. The van der Waals surface area contributed by atoms with Crippen molar-refractivity contribution in [2.24, 2.45) is 29.2 Å². The molecule has 6 atom stereocenters. The molecular formula is C38H46ClN5O5S. The topological polar surface area (TPSA) is 115 Å². The number of anilines is 1. The van der Waals surface area contributed by atoms with E-state index in [9.17, 15) is 13.8 Å². The molecule has 1 N–H and O–H groups in total. The molecule has 2 bridgehead atoms. The second kappa shape index (κ2) is 13.8. The highest BCUT2D eigenvalue weighted by molar-refractivity contribution is 7.92. The number of methoxy groups -OCH3 is 1. The lowest BCUT2D eigenvalue weighted by molar-refractivity contribution is 0.0131. The molecule has 0 radical (unpaired) electrons. The zero-order valence-corrected chi connectivity index (χ0v) is 30.8. The van der Waals surface area contributed by atoms with E-state index in [0.717, 1.165) is 50.9 Å². The SMILES string of the molecule is CO[C@H]1/C=C/C[C@H](C)C[S@@](=O)(NC(=O)c2cn(C)nc2Cl)=NC(=O)c2ccc3c(c2)N(C[C@@H]2CC[C@H]21)C[C@@]1(CCCc2cc(C)ccc21)CO3. The van der Waals surface area contributed by atoms with E-state index in [1.54, 1.807) is 20.2 Å². The van der Waals surface area contributed by atoms with Gasteiger partial charge in [0.15, 0.2) is 5.15 Å². The molecule has 10 nitrogen and oxygen atoms in total. The minimum atomic E-state index is -3.58. The van der Waals surface area contributed by atoms with Crippen molar-refractivity contribution in [2.45, 2.75) is 63.9 Å². The highest BCUT2D eigenvalue weighted by Crippen LogP contribution is 2.47. The summed E-state index contributed by atoms with van der Waals surface area (Å²) in [5, 5.41) is 4.00. The van der Waals surface area contributed by atoms with Crippen LogP contribution in [0.4, 0.5) is 5.69 Å². The standard InChI is InChI=1S/C38H46ClN5O5S/c1-24-10-14-31-26(17-24)8-6-16-38(31)22-44-19-28-11-13-29(28)33(48-4)9-5-7-25(2)21-50(47,42-37(46)30-20-43(3)40-35(30)39)41-36(45)27-12-15-34(49-23-38)32(44)18-27/h5,9-10,12,14-15,17-18,20,25,28-29,33H,6-8,11,13,16,19,21-23H2,1-4H3,(H,41,42,45,46,47)/b9-5+/t25-,28-,29+,33-,38-,50-/m0/s1.